The van der Waals surface area contributed by atoms with Crippen molar-refractivity contribution in [1.82, 2.24) is 4.98 Å². The van der Waals surface area contributed by atoms with Crippen LogP contribution in [0.15, 0.2) is 30.5 Å². The fraction of sp³-hybridized carbons (Fsp3) is 0.143. The highest BCUT2D eigenvalue weighted by Crippen LogP contribution is 2.22. The van der Waals surface area contributed by atoms with Gasteiger partial charge in [0.2, 0.25) is 0 Å². The Morgan fingerprint density at radius 1 is 1.20 bits per heavy atom. The number of anilines is 2. The van der Waals surface area contributed by atoms with Crippen molar-refractivity contribution < 1.29 is 4.79 Å². The van der Waals surface area contributed by atoms with E-state index in [-0.39, 0.29) is 5.91 Å². The molecular weight excluding hydrogens is 297 g/mol. The third-order valence-corrected chi connectivity index (χ3v) is 3.47. The Labute approximate surface area is 127 Å². The zero-order valence-corrected chi connectivity index (χ0v) is 12.5. The van der Waals surface area contributed by atoms with Gasteiger partial charge >= 0.3 is 0 Å². The molecule has 2 N–H and O–H groups in total. The maximum Gasteiger partial charge on any atom is 0.257 e. The van der Waals surface area contributed by atoms with Crippen molar-refractivity contribution in [1.29, 1.82) is 0 Å². The van der Waals surface area contributed by atoms with Crippen LogP contribution in [0.1, 0.15) is 15.9 Å². The van der Waals surface area contributed by atoms with Crippen molar-refractivity contribution in [2.75, 3.05) is 17.7 Å². The molecule has 0 atom stereocenters. The van der Waals surface area contributed by atoms with Crippen molar-refractivity contribution in [3.63, 3.8) is 0 Å². The minimum absolute atomic E-state index is 0.290. The number of aromatic nitrogens is 1. The highest BCUT2D eigenvalue weighted by atomic mass is 35.5. The molecule has 0 bridgehead atoms. The Hall–Kier alpha value is -1.78. The lowest BCUT2D eigenvalue weighted by Crippen LogP contribution is -2.12. The van der Waals surface area contributed by atoms with Gasteiger partial charge in [-0.1, -0.05) is 29.3 Å². The van der Waals surface area contributed by atoms with E-state index >= 15 is 0 Å². The van der Waals surface area contributed by atoms with E-state index < -0.39 is 0 Å². The van der Waals surface area contributed by atoms with E-state index in [9.17, 15) is 4.79 Å². The average Bonchev–Trinajstić information content (AvgIpc) is 2.42. The van der Waals surface area contributed by atoms with Crippen LogP contribution in [0.25, 0.3) is 0 Å². The maximum absolute atomic E-state index is 12.1. The van der Waals surface area contributed by atoms with Gasteiger partial charge in [-0.3, -0.25) is 4.79 Å². The normalized spacial score (nSPS) is 10.2. The zero-order chi connectivity index (χ0) is 14.7. The molecule has 1 aromatic carbocycles. The monoisotopic (exact) mass is 309 g/mol. The molecule has 20 heavy (non-hydrogen) atoms. The Bertz CT molecular complexity index is 659. The molecule has 1 heterocycles. The Morgan fingerprint density at radius 3 is 2.55 bits per heavy atom. The summed E-state index contributed by atoms with van der Waals surface area (Å²) in [5, 5.41) is 6.57. The number of benzene rings is 1. The molecule has 0 spiro atoms. The molecule has 4 nitrogen and oxygen atoms in total. The van der Waals surface area contributed by atoms with Crippen molar-refractivity contribution >= 4 is 40.6 Å². The molecule has 0 fully saturated rings. The van der Waals surface area contributed by atoms with Gasteiger partial charge < -0.3 is 10.6 Å². The quantitative estimate of drug-likeness (QED) is 0.901. The molecule has 0 radical (unpaired) electrons. The van der Waals surface area contributed by atoms with Crippen LogP contribution in [0.5, 0.6) is 0 Å². The van der Waals surface area contributed by atoms with Gasteiger partial charge in [-0.2, -0.15) is 0 Å². The summed E-state index contributed by atoms with van der Waals surface area (Å²) < 4.78 is 0. The van der Waals surface area contributed by atoms with Crippen LogP contribution in [0, 0.1) is 6.92 Å². The van der Waals surface area contributed by atoms with Crippen molar-refractivity contribution in [2.24, 2.45) is 0 Å². The van der Waals surface area contributed by atoms with Gasteiger partial charge in [-0.15, -0.1) is 0 Å². The second-order valence-corrected chi connectivity index (χ2v) is 5.04. The Balaban J connectivity index is 2.19. The number of carbonyl (C=O) groups excluding carboxylic acids is 1. The molecule has 2 rings (SSSR count). The SMILES string of the molecule is CNc1ncc(C(=O)Nc2ccc(C)c(Cl)c2)cc1Cl. The predicted octanol–water partition coefficient (Wildman–Crippen LogP) is 3.99. The fourth-order valence-electron chi connectivity index (χ4n) is 1.62. The number of nitrogens with zero attached hydrogens (tertiary/aromatic N) is 1. The fourth-order valence-corrected chi connectivity index (χ4v) is 2.06. The third-order valence-electron chi connectivity index (χ3n) is 2.77. The smallest absolute Gasteiger partial charge is 0.257 e. The van der Waals surface area contributed by atoms with Crippen LogP contribution in [0.4, 0.5) is 11.5 Å². The van der Waals surface area contributed by atoms with E-state index in [1.54, 1.807) is 25.2 Å². The molecule has 0 aliphatic rings. The molecule has 0 aliphatic heterocycles. The number of rotatable bonds is 3. The van der Waals surface area contributed by atoms with Gasteiger partial charge in [0, 0.05) is 24.0 Å². The van der Waals surface area contributed by atoms with Crippen LogP contribution in [0.2, 0.25) is 10.0 Å². The summed E-state index contributed by atoms with van der Waals surface area (Å²) in [6, 6.07) is 6.89. The molecule has 0 saturated heterocycles. The average molecular weight is 310 g/mol. The largest absolute Gasteiger partial charge is 0.372 e. The standard InChI is InChI=1S/C14H13Cl2N3O/c1-8-3-4-10(6-11(8)15)19-14(20)9-5-12(16)13(17-2)18-7-9/h3-7H,1-2H3,(H,17,18)(H,19,20). The molecular formula is C14H13Cl2N3O. The van der Waals surface area contributed by atoms with Crippen LogP contribution < -0.4 is 10.6 Å². The third kappa shape index (κ3) is 3.21. The summed E-state index contributed by atoms with van der Waals surface area (Å²) in [5.74, 6) is 0.239. The molecule has 0 unspecified atom stereocenters. The molecule has 2 aromatic rings. The number of aryl methyl sites for hydroxylation is 1. The number of amides is 1. The first-order chi connectivity index (χ1) is 9.51. The predicted molar refractivity (Wildman–Crippen MR) is 82.9 cm³/mol. The summed E-state index contributed by atoms with van der Waals surface area (Å²) in [5.41, 5.74) is 1.96. The summed E-state index contributed by atoms with van der Waals surface area (Å²) in [4.78, 5) is 16.2. The van der Waals surface area contributed by atoms with E-state index in [4.69, 9.17) is 23.2 Å². The minimum atomic E-state index is -0.290. The van der Waals surface area contributed by atoms with E-state index in [0.29, 0.717) is 27.1 Å². The molecule has 1 aromatic heterocycles. The van der Waals surface area contributed by atoms with Crippen LogP contribution in [0.3, 0.4) is 0 Å². The van der Waals surface area contributed by atoms with E-state index in [2.05, 4.69) is 15.6 Å². The van der Waals surface area contributed by atoms with Gasteiger partial charge in [-0.25, -0.2) is 4.98 Å². The number of halogens is 2. The van der Waals surface area contributed by atoms with Crippen molar-refractivity contribution in [3.05, 3.63) is 51.6 Å². The first kappa shape index (κ1) is 14.6. The van der Waals surface area contributed by atoms with Gasteiger partial charge in [0.25, 0.3) is 5.91 Å². The van der Waals surface area contributed by atoms with E-state index in [1.807, 2.05) is 13.0 Å². The number of carbonyl (C=O) groups is 1. The van der Waals surface area contributed by atoms with E-state index in [0.717, 1.165) is 5.56 Å². The lowest BCUT2D eigenvalue weighted by Gasteiger charge is -2.08. The van der Waals surface area contributed by atoms with Gasteiger partial charge in [0.05, 0.1) is 10.6 Å². The molecule has 104 valence electrons. The summed E-state index contributed by atoms with van der Waals surface area (Å²) >= 11 is 12.0. The van der Waals surface area contributed by atoms with Gasteiger partial charge in [-0.05, 0) is 30.7 Å². The van der Waals surface area contributed by atoms with Crippen molar-refractivity contribution in [3.8, 4) is 0 Å². The Morgan fingerprint density at radius 2 is 1.95 bits per heavy atom. The van der Waals surface area contributed by atoms with Crippen LogP contribution >= 0.6 is 23.2 Å². The lowest BCUT2D eigenvalue weighted by molar-refractivity contribution is 0.102. The van der Waals surface area contributed by atoms with Gasteiger partial charge in [0.15, 0.2) is 0 Å². The number of hydrogen-bond donors (Lipinski definition) is 2. The zero-order valence-electron chi connectivity index (χ0n) is 11.0. The maximum atomic E-state index is 12.1. The summed E-state index contributed by atoms with van der Waals surface area (Å²) in [7, 11) is 1.71. The first-order valence-electron chi connectivity index (χ1n) is 5.92. The second-order valence-electron chi connectivity index (χ2n) is 4.22. The van der Waals surface area contributed by atoms with E-state index in [1.165, 1.54) is 6.20 Å². The topological polar surface area (TPSA) is 54.0 Å². The van der Waals surface area contributed by atoms with Crippen LogP contribution in [-0.4, -0.2) is 17.9 Å². The molecule has 1 amide bonds. The summed E-state index contributed by atoms with van der Waals surface area (Å²) in [6.07, 6.45) is 1.46. The number of nitrogens with one attached hydrogen (secondary N) is 2. The first-order valence-corrected chi connectivity index (χ1v) is 6.67. The number of pyridine rings is 1. The number of hydrogen-bond acceptors (Lipinski definition) is 3. The highest BCUT2D eigenvalue weighted by Gasteiger charge is 2.10. The molecule has 6 heteroatoms. The van der Waals surface area contributed by atoms with Crippen LogP contribution in [-0.2, 0) is 0 Å². The lowest BCUT2D eigenvalue weighted by atomic mass is 10.2. The second kappa shape index (κ2) is 6.11. The molecule has 0 aliphatic carbocycles. The summed E-state index contributed by atoms with van der Waals surface area (Å²) in [6.45, 7) is 1.90. The van der Waals surface area contributed by atoms with Crippen molar-refractivity contribution in [2.45, 2.75) is 6.92 Å². The molecule has 0 saturated carbocycles. The minimum Gasteiger partial charge on any atom is -0.372 e. The van der Waals surface area contributed by atoms with Gasteiger partial charge in [0.1, 0.15) is 5.82 Å². The Kier molecular flexibility index (Phi) is 4.47. The highest BCUT2D eigenvalue weighted by molar-refractivity contribution is 6.33.